The predicted octanol–water partition coefficient (Wildman–Crippen LogP) is -0.399. The van der Waals surface area contributed by atoms with Gasteiger partial charge in [-0.25, -0.2) is 4.79 Å². The Bertz CT molecular complexity index is 159. The van der Waals surface area contributed by atoms with Crippen LogP contribution in [0.4, 0.5) is 4.79 Å². The van der Waals surface area contributed by atoms with E-state index in [-0.39, 0.29) is 6.03 Å². The van der Waals surface area contributed by atoms with Crippen LogP contribution in [-0.2, 0) is 0 Å². The zero-order valence-electron chi connectivity index (χ0n) is 4.98. The highest BCUT2D eigenvalue weighted by atomic mass is 16.2. The topological polar surface area (TPSA) is 32.3 Å². The summed E-state index contributed by atoms with van der Waals surface area (Å²) in [6, 6.07) is -0.0882. The maximum Gasteiger partial charge on any atom is 0.318 e. The van der Waals surface area contributed by atoms with Crippen molar-refractivity contribution in [1.82, 2.24) is 10.2 Å². The van der Waals surface area contributed by atoms with Gasteiger partial charge in [0.2, 0.25) is 0 Å². The number of carbonyl (C=O) groups excluding carboxylic acids is 1. The van der Waals surface area contributed by atoms with Gasteiger partial charge in [-0.15, -0.1) is 0 Å². The molecule has 0 aromatic heterocycles. The monoisotopic (exact) mass is 123 g/mol. The minimum atomic E-state index is -0.0882. The van der Waals surface area contributed by atoms with E-state index in [0.29, 0.717) is 19.6 Å². The van der Waals surface area contributed by atoms with Crippen molar-refractivity contribution in [1.29, 1.82) is 0 Å². The van der Waals surface area contributed by atoms with Gasteiger partial charge >= 0.3 is 6.03 Å². The average molecular weight is 123 g/mol. The van der Waals surface area contributed by atoms with Crippen LogP contribution in [0.1, 0.15) is 0 Å². The van der Waals surface area contributed by atoms with Crippen molar-refractivity contribution in [3.63, 3.8) is 0 Å². The number of rotatable bonds is 1. The minimum Gasteiger partial charge on any atom is -0.336 e. The van der Waals surface area contributed by atoms with Crippen molar-refractivity contribution < 1.29 is 4.79 Å². The summed E-state index contributed by atoms with van der Waals surface area (Å²) in [5.74, 6) is 2.16. The maximum atomic E-state index is 10.7. The van der Waals surface area contributed by atoms with Crippen molar-refractivity contribution in [3.8, 4) is 5.92 Å². The van der Waals surface area contributed by atoms with Gasteiger partial charge in [0.1, 0.15) is 0 Å². The molecule has 9 heavy (non-hydrogen) atoms. The van der Waals surface area contributed by atoms with Gasteiger partial charge in [-0.1, -0.05) is 5.92 Å². The molecule has 1 radical (unpaired) electrons. The number of nitrogens with one attached hydrogen (secondary N) is 1. The van der Waals surface area contributed by atoms with E-state index in [2.05, 4.69) is 11.2 Å². The van der Waals surface area contributed by atoms with E-state index < -0.39 is 0 Å². The number of carbonyl (C=O) groups is 1. The Morgan fingerprint density at radius 3 is 3.11 bits per heavy atom. The fraction of sp³-hybridized carbons (Fsp3) is 0.500. The first-order chi connectivity index (χ1) is 4.34. The van der Waals surface area contributed by atoms with Crippen LogP contribution in [0.25, 0.3) is 0 Å². The van der Waals surface area contributed by atoms with Crippen LogP contribution in [-0.4, -0.2) is 30.6 Å². The first-order valence-electron chi connectivity index (χ1n) is 2.77. The van der Waals surface area contributed by atoms with E-state index >= 15 is 0 Å². The predicted molar refractivity (Wildman–Crippen MR) is 32.1 cm³/mol. The van der Waals surface area contributed by atoms with E-state index in [1.807, 2.05) is 0 Å². The summed E-state index contributed by atoms with van der Waals surface area (Å²) in [4.78, 5) is 12.2. The maximum absolute atomic E-state index is 10.7. The lowest BCUT2D eigenvalue weighted by molar-refractivity contribution is 0.222. The van der Waals surface area contributed by atoms with Crippen LogP contribution in [0.3, 0.4) is 0 Å². The van der Waals surface area contributed by atoms with Gasteiger partial charge in [0.05, 0.1) is 6.54 Å². The van der Waals surface area contributed by atoms with E-state index in [1.165, 1.54) is 4.90 Å². The van der Waals surface area contributed by atoms with Crippen molar-refractivity contribution in [3.05, 3.63) is 6.42 Å². The van der Waals surface area contributed by atoms with Gasteiger partial charge in [0, 0.05) is 13.1 Å². The van der Waals surface area contributed by atoms with E-state index in [1.54, 1.807) is 0 Å². The zero-order valence-corrected chi connectivity index (χ0v) is 4.98. The SMILES string of the molecule is [C]#CCN1CCNC1=O. The van der Waals surface area contributed by atoms with Gasteiger partial charge in [-0.2, -0.15) is 0 Å². The van der Waals surface area contributed by atoms with Crippen LogP contribution >= 0.6 is 0 Å². The van der Waals surface area contributed by atoms with Gasteiger partial charge in [-0.3, -0.25) is 0 Å². The Morgan fingerprint density at radius 2 is 2.67 bits per heavy atom. The second-order valence-corrected chi connectivity index (χ2v) is 1.83. The molecular formula is C6H7N2O. The quantitative estimate of drug-likeness (QED) is 0.473. The van der Waals surface area contributed by atoms with E-state index in [0.717, 1.165) is 0 Å². The minimum absolute atomic E-state index is 0.0882. The summed E-state index contributed by atoms with van der Waals surface area (Å²) in [6.45, 7) is 1.71. The molecule has 1 fully saturated rings. The van der Waals surface area contributed by atoms with Crippen LogP contribution < -0.4 is 5.32 Å². The number of hydrogen-bond donors (Lipinski definition) is 1. The molecule has 0 saturated carbocycles. The van der Waals surface area contributed by atoms with Crippen molar-refractivity contribution in [2.75, 3.05) is 19.6 Å². The molecule has 1 aliphatic heterocycles. The molecule has 2 amide bonds. The molecule has 0 aliphatic carbocycles. The molecular weight excluding hydrogens is 116 g/mol. The van der Waals surface area contributed by atoms with Gasteiger partial charge < -0.3 is 10.2 Å². The molecule has 0 atom stereocenters. The first-order valence-corrected chi connectivity index (χ1v) is 2.77. The molecule has 1 saturated heterocycles. The van der Waals surface area contributed by atoms with Crippen molar-refractivity contribution >= 4 is 6.03 Å². The lowest BCUT2D eigenvalue weighted by atomic mass is 10.5. The largest absolute Gasteiger partial charge is 0.336 e. The average Bonchev–Trinajstić information content (AvgIpc) is 2.18. The highest BCUT2D eigenvalue weighted by Crippen LogP contribution is 1.93. The molecule has 0 bridgehead atoms. The molecule has 1 rings (SSSR count). The molecule has 1 heterocycles. The molecule has 0 unspecified atom stereocenters. The normalized spacial score (nSPS) is 17.2. The smallest absolute Gasteiger partial charge is 0.318 e. The third-order valence-corrected chi connectivity index (χ3v) is 1.22. The summed E-state index contributed by atoms with van der Waals surface area (Å²) in [6.07, 6.45) is 6.59. The fourth-order valence-electron chi connectivity index (χ4n) is 0.757. The Hall–Kier alpha value is -1.17. The molecule has 3 heteroatoms. The number of amides is 2. The molecule has 0 spiro atoms. The molecule has 3 nitrogen and oxygen atoms in total. The second kappa shape index (κ2) is 2.40. The third-order valence-electron chi connectivity index (χ3n) is 1.22. The van der Waals surface area contributed by atoms with Gasteiger partial charge in [0.25, 0.3) is 0 Å². The van der Waals surface area contributed by atoms with Gasteiger partial charge in [0.15, 0.2) is 0 Å². The van der Waals surface area contributed by atoms with Crippen LogP contribution in [0, 0.1) is 12.3 Å². The lowest BCUT2D eigenvalue weighted by Gasteiger charge is -2.07. The number of urea groups is 1. The first kappa shape index (κ1) is 5.96. The van der Waals surface area contributed by atoms with Crippen LogP contribution in [0.15, 0.2) is 0 Å². The Kier molecular flexibility index (Phi) is 1.59. The molecule has 1 N–H and O–H groups in total. The Balaban J connectivity index is 2.42. The lowest BCUT2D eigenvalue weighted by Crippen LogP contribution is -2.28. The van der Waals surface area contributed by atoms with Crippen molar-refractivity contribution in [2.24, 2.45) is 0 Å². The van der Waals surface area contributed by atoms with Crippen LogP contribution in [0.5, 0.6) is 0 Å². The van der Waals surface area contributed by atoms with E-state index in [4.69, 9.17) is 6.42 Å². The van der Waals surface area contributed by atoms with Gasteiger partial charge in [-0.05, 0) is 6.42 Å². The standard InChI is InChI=1S/C6H7N2O/c1-2-4-8-5-3-7-6(8)9/h3-5H2,(H,7,9). The molecule has 1 aliphatic rings. The third kappa shape index (κ3) is 1.14. The molecule has 0 aromatic carbocycles. The Morgan fingerprint density at radius 1 is 1.89 bits per heavy atom. The zero-order chi connectivity index (χ0) is 6.69. The summed E-state index contributed by atoms with van der Waals surface area (Å²) < 4.78 is 0. The number of hydrogen-bond acceptors (Lipinski definition) is 1. The summed E-state index contributed by atoms with van der Waals surface area (Å²) in [5.41, 5.74) is 0. The molecule has 0 aromatic rings. The summed E-state index contributed by atoms with van der Waals surface area (Å²) in [7, 11) is 0. The summed E-state index contributed by atoms with van der Waals surface area (Å²) >= 11 is 0. The fourth-order valence-corrected chi connectivity index (χ4v) is 0.757. The Labute approximate surface area is 54.0 Å². The van der Waals surface area contributed by atoms with E-state index in [9.17, 15) is 4.79 Å². The summed E-state index contributed by atoms with van der Waals surface area (Å²) in [5, 5.41) is 2.62. The van der Waals surface area contributed by atoms with Crippen LogP contribution in [0.2, 0.25) is 0 Å². The highest BCUT2D eigenvalue weighted by molar-refractivity contribution is 5.76. The highest BCUT2D eigenvalue weighted by Gasteiger charge is 2.16. The van der Waals surface area contributed by atoms with Crippen molar-refractivity contribution in [2.45, 2.75) is 0 Å². The number of nitrogens with zero attached hydrogens (tertiary/aromatic N) is 1. The molecule has 47 valence electrons. The second-order valence-electron chi connectivity index (χ2n) is 1.83.